The van der Waals surface area contributed by atoms with E-state index in [0.29, 0.717) is 6.04 Å². The van der Waals surface area contributed by atoms with Crippen molar-refractivity contribution in [2.24, 2.45) is 10.9 Å². The zero-order valence-electron chi connectivity index (χ0n) is 8.57. The number of nitrogens with two attached hydrogens (primary N) is 1. The first-order valence-corrected chi connectivity index (χ1v) is 5.09. The fourth-order valence-corrected chi connectivity index (χ4v) is 1.64. The predicted molar refractivity (Wildman–Crippen MR) is 54.5 cm³/mol. The average Bonchev–Trinajstić information content (AvgIpc) is 2.26. The summed E-state index contributed by atoms with van der Waals surface area (Å²) in [6, 6.07) is 0.278. The third-order valence-electron chi connectivity index (χ3n) is 2.48. The van der Waals surface area contributed by atoms with Gasteiger partial charge in [0.25, 0.3) is 0 Å². The SMILES string of the molecule is CCC(NC1CCCOC1)C(N)=NO. The first kappa shape index (κ1) is 11.3. The van der Waals surface area contributed by atoms with Gasteiger partial charge in [-0.15, -0.1) is 0 Å². The van der Waals surface area contributed by atoms with Crippen molar-refractivity contribution in [2.45, 2.75) is 38.3 Å². The van der Waals surface area contributed by atoms with E-state index >= 15 is 0 Å². The quantitative estimate of drug-likeness (QED) is 0.264. The lowest BCUT2D eigenvalue weighted by Gasteiger charge is -2.27. The van der Waals surface area contributed by atoms with Gasteiger partial charge in [-0.05, 0) is 19.3 Å². The Balaban J connectivity index is 2.38. The topological polar surface area (TPSA) is 79.9 Å². The molecule has 5 heteroatoms. The van der Waals surface area contributed by atoms with Crippen LogP contribution >= 0.6 is 0 Å². The minimum absolute atomic E-state index is 0.0494. The van der Waals surface area contributed by atoms with Crippen LogP contribution in [0.25, 0.3) is 0 Å². The number of amidine groups is 1. The minimum atomic E-state index is -0.0494. The number of nitrogens with one attached hydrogen (secondary N) is 1. The fraction of sp³-hybridized carbons (Fsp3) is 0.889. The molecule has 2 unspecified atom stereocenters. The lowest BCUT2D eigenvalue weighted by Crippen LogP contribution is -2.49. The molecule has 0 radical (unpaired) electrons. The molecule has 14 heavy (non-hydrogen) atoms. The number of hydrogen-bond donors (Lipinski definition) is 3. The van der Waals surface area contributed by atoms with E-state index in [4.69, 9.17) is 15.7 Å². The second-order valence-electron chi connectivity index (χ2n) is 3.57. The maximum absolute atomic E-state index is 8.56. The molecule has 0 aromatic carbocycles. The van der Waals surface area contributed by atoms with Crippen LogP contribution in [0.3, 0.4) is 0 Å². The molecule has 1 rings (SSSR count). The monoisotopic (exact) mass is 201 g/mol. The highest BCUT2D eigenvalue weighted by atomic mass is 16.5. The molecule has 0 saturated carbocycles. The summed E-state index contributed by atoms with van der Waals surface area (Å²) in [4.78, 5) is 0. The summed E-state index contributed by atoms with van der Waals surface area (Å²) in [5.41, 5.74) is 5.54. The number of ether oxygens (including phenoxy) is 1. The Hall–Kier alpha value is -0.810. The van der Waals surface area contributed by atoms with Crippen LogP contribution in [-0.4, -0.2) is 36.3 Å². The molecule has 0 aromatic rings. The summed E-state index contributed by atoms with van der Waals surface area (Å²) in [6.07, 6.45) is 2.98. The van der Waals surface area contributed by atoms with Gasteiger partial charge in [-0.25, -0.2) is 0 Å². The summed E-state index contributed by atoms with van der Waals surface area (Å²) in [7, 11) is 0. The summed E-state index contributed by atoms with van der Waals surface area (Å²) < 4.78 is 5.34. The van der Waals surface area contributed by atoms with Crippen LogP contribution in [0.5, 0.6) is 0 Å². The molecule has 0 aliphatic carbocycles. The molecule has 1 heterocycles. The third kappa shape index (κ3) is 3.16. The molecule has 5 nitrogen and oxygen atoms in total. The average molecular weight is 201 g/mol. The van der Waals surface area contributed by atoms with Crippen molar-refractivity contribution in [3.63, 3.8) is 0 Å². The largest absolute Gasteiger partial charge is 0.409 e. The van der Waals surface area contributed by atoms with Gasteiger partial charge in [0, 0.05) is 12.6 Å². The molecule has 1 aliphatic rings. The molecule has 2 atom stereocenters. The Labute approximate surface area is 84.3 Å². The van der Waals surface area contributed by atoms with E-state index in [-0.39, 0.29) is 11.9 Å². The Morgan fingerprint density at radius 3 is 3.07 bits per heavy atom. The molecule has 82 valence electrons. The van der Waals surface area contributed by atoms with Crippen LogP contribution in [-0.2, 0) is 4.74 Å². The highest BCUT2D eigenvalue weighted by Gasteiger charge is 2.19. The molecule has 0 amide bonds. The van der Waals surface area contributed by atoms with Gasteiger partial charge >= 0.3 is 0 Å². The summed E-state index contributed by atoms with van der Waals surface area (Å²) in [6.45, 7) is 3.56. The van der Waals surface area contributed by atoms with Crippen molar-refractivity contribution in [2.75, 3.05) is 13.2 Å². The van der Waals surface area contributed by atoms with Gasteiger partial charge in [0.2, 0.25) is 0 Å². The number of rotatable bonds is 4. The summed E-state index contributed by atoms with van der Waals surface area (Å²) >= 11 is 0. The second-order valence-corrected chi connectivity index (χ2v) is 3.57. The van der Waals surface area contributed by atoms with E-state index in [1.807, 2.05) is 6.92 Å². The van der Waals surface area contributed by atoms with Crippen LogP contribution < -0.4 is 11.1 Å². The van der Waals surface area contributed by atoms with Gasteiger partial charge in [0.05, 0.1) is 12.6 Å². The first-order valence-electron chi connectivity index (χ1n) is 5.09. The molecule has 1 fully saturated rings. The zero-order chi connectivity index (χ0) is 10.4. The second kappa shape index (κ2) is 5.82. The number of hydrogen-bond acceptors (Lipinski definition) is 4. The van der Waals surface area contributed by atoms with E-state index in [1.165, 1.54) is 0 Å². The minimum Gasteiger partial charge on any atom is -0.409 e. The molecule has 0 bridgehead atoms. The highest BCUT2D eigenvalue weighted by molar-refractivity contribution is 5.85. The highest BCUT2D eigenvalue weighted by Crippen LogP contribution is 2.07. The van der Waals surface area contributed by atoms with Crippen LogP contribution in [0.15, 0.2) is 5.16 Å². The van der Waals surface area contributed by atoms with E-state index in [1.54, 1.807) is 0 Å². The lowest BCUT2D eigenvalue weighted by molar-refractivity contribution is 0.0686. The summed E-state index contributed by atoms with van der Waals surface area (Å²) in [5.74, 6) is 0.248. The maximum Gasteiger partial charge on any atom is 0.156 e. The van der Waals surface area contributed by atoms with Crippen LogP contribution in [0.1, 0.15) is 26.2 Å². The predicted octanol–water partition coefficient (Wildman–Crippen LogP) is 0.280. The van der Waals surface area contributed by atoms with Crippen molar-refractivity contribution in [1.82, 2.24) is 5.32 Å². The summed E-state index contributed by atoms with van der Waals surface area (Å²) in [5, 5.41) is 14.9. The van der Waals surface area contributed by atoms with E-state index in [0.717, 1.165) is 32.5 Å². The molecule has 1 aliphatic heterocycles. The Morgan fingerprint density at radius 2 is 2.57 bits per heavy atom. The van der Waals surface area contributed by atoms with Gasteiger partial charge in [-0.2, -0.15) is 0 Å². The van der Waals surface area contributed by atoms with Gasteiger partial charge < -0.3 is 21.0 Å². The van der Waals surface area contributed by atoms with E-state index < -0.39 is 0 Å². The van der Waals surface area contributed by atoms with Gasteiger partial charge in [0.1, 0.15) is 0 Å². The maximum atomic E-state index is 8.56. The smallest absolute Gasteiger partial charge is 0.156 e. The Morgan fingerprint density at radius 1 is 1.79 bits per heavy atom. The van der Waals surface area contributed by atoms with Crippen LogP contribution in [0.2, 0.25) is 0 Å². The van der Waals surface area contributed by atoms with E-state index in [2.05, 4.69) is 10.5 Å². The Kier molecular flexibility index (Phi) is 4.69. The zero-order valence-corrected chi connectivity index (χ0v) is 8.57. The molecular weight excluding hydrogens is 182 g/mol. The first-order chi connectivity index (χ1) is 6.77. The van der Waals surface area contributed by atoms with Gasteiger partial charge in [-0.3, -0.25) is 0 Å². The van der Waals surface area contributed by atoms with Crippen LogP contribution in [0, 0.1) is 0 Å². The fourth-order valence-electron chi connectivity index (χ4n) is 1.64. The molecule has 0 aromatic heterocycles. The Bertz CT molecular complexity index is 190. The van der Waals surface area contributed by atoms with Crippen molar-refractivity contribution >= 4 is 5.84 Å². The standard InChI is InChI=1S/C9H19N3O2/c1-2-8(9(10)12-13)11-7-4-3-5-14-6-7/h7-8,11,13H,2-6H2,1H3,(H2,10,12). The van der Waals surface area contributed by atoms with Crippen LogP contribution in [0.4, 0.5) is 0 Å². The molecular formula is C9H19N3O2. The number of nitrogens with zero attached hydrogens (tertiary/aromatic N) is 1. The van der Waals surface area contributed by atoms with E-state index in [9.17, 15) is 0 Å². The van der Waals surface area contributed by atoms with Crippen molar-refractivity contribution in [1.29, 1.82) is 0 Å². The normalized spacial score (nSPS) is 26.1. The van der Waals surface area contributed by atoms with Crippen molar-refractivity contribution in [3.8, 4) is 0 Å². The lowest BCUT2D eigenvalue weighted by atomic mass is 10.1. The molecule has 4 N–H and O–H groups in total. The van der Waals surface area contributed by atoms with Crippen molar-refractivity contribution < 1.29 is 9.94 Å². The number of oxime groups is 1. The van der Waals surface area contributed by atoms with Gasteiger partial charge in [-0.1, -0.05) is 12.1 Å². The van der Waals surface area contributed by atoms with Gasteiger partial charge in [0.15, 0.2) is 5.84 Å². The molecule has 1 saturated heterocycles. The molecule has 0 spiro atoms. The van der Waals surface area contributed by atoms with Crippen molar-refractivity contribution in [3.05, 3.63) is 0 Å². The third-order valence-corrected chi connectivity index (χ3v) is 2.48.